The van der Waals surface area contributed by atoms with Gasteiger partial charge in [0.05, 0.1) is 11.9 Å². The molecular formula is C18H18O7. The van der Waals surface area contributed by atoms with Gasteiger partial charge in [0.25, 0.3) is 0 Å². The molecule has 0 radical (unpaired) electrons. The molecule has 7 heteroatoms. The molecule has 1 atom stereocenters. The van der Waals surface area contributed by atoms with E-state index in [1.165, 1.54) is 33.1 Å². The van der Waals surface area contributed by atoms with Gasteiger partial charge in [-0.2, -0.15) is 0 Å². The van der Waals surface area contributed by atoms with E-state index >= 15 is 0 Å². The van der Waals surface area contributed by atoms with Crippen LogP contribution in [0.25, 0.3) is 21.9 Å². The standard InChI is InChI=1S/C18H18O7/c1-10(19)24-13(18(2,3)21)9-23-17-15-12(6-7-22-15)8-11-4-5-14(20)25-16(11)17/h4-8,13,21H,9H2,1-3H3. The lowest BCUT2D eigenvalue weighted by Gasteiger charge is -2.28. The number of furan rings is 1. The van der Waals surface area contributed by atoms with Crippen molar-refractivity contribution in [3.63, 3.8) is 0 Å². The molecule has 7 nitrogen and oxygen atoms in total. The Bertz CT molecular complexity index is 974. The van der Waals surface area contributed by atoms with Gasteiger partial charge in [0.15, 0.2) is 17.3 Å². The summed E-state index contributed by atoms with van der Waals surface area (Å²) in [6, 6.07) is 6.51. The highest BCUT2D eigenvalue weighted by Gasteiger charge is 2.31. The number of carbonyl (C=O) groups is 1. The fourth-order valence-electron chi connectivity index (χ4n) is 2.48. The van der Waals surface area contributed by atoms with E-state index in [4.69, 9.17) is 18.3 Å². The molecule has 2 heterocycles. The smallest absolute Gasteiger partial charge is 0.336 e. The Labute approximate surface area is 142 Å². The normalized spacial score (nSPS) is 13.1. The lowest BCUT2D eigenvalue weighted by atomic mass is 10.0. The number of esters is 1. The van der Waals surface area contributed by atoms with Crippen molar-refractivity contribution in [2.24, 2.45) is 0 Å². The Morgan fingerprint density at radius 1 is 1.24 bits per heavy atom. The van der Waals surface area contributed by atoms with Gasteiger partial charge in [0.1, 0.15) is 6.61 Å². The topological polar surface area (TPSA) is 99.1 Å². The van der Waals surface area contributed by atoms with Crippen LogP contribution in [-0.2, 0) is 9.53 Å². The summed E-state index contributed by atoms with van der Waals surface area (Å²) in [4.78, 5) is 22.9. The average Bonchev–Trinajstić information content (AvgIpc) is 2.97. The van der Waals surface area contributed by atoms with Gasteiger partial charge in [0, 0.05) is 23.8 Å². The number of fused-ring (bicyclic) bond motifs is 2. The molecule has 0 aliphatic rings. The number of hydrogen-bond acceptors (Lipinski definition) is 7. The third-order valence-corrected chi connectivity index (χ3v) is 3.76. The highest BCUT2D eigenvalue weighted by Crippen LogP contribution is 2.35. The fraction of sp³-hybridized carbons (Fsp3) is 0.333. The van der Waals surface area contributed by atoms with Gasteiger partial charge < -0.3 is 23.4 Å². The van der Waals surface area contributed by atoms with Crippen LogP contribution in [0.3, 0.4) is 0 Å². The van der Waals surface area contributed by atoms with Crippen molar-refractivity contribution in [2.75, 3.05) is 6.61 Å². The van der Waals surface area contributed by atoms with Crippen molar-refractivity contribution in [3.05, 3.63) is 40.9 Å². The lowest BCUT2D eigenvalue weighted by molar-refractivity contribution is -0.162. The maximum Gasteiger partial charge on any atom is 0.336 e. The van der Waals surface area contributed by atoms with Crippen LogP contribution in [-0.4, -0.2) is 29.4 Å². The summed E-state index contributed by atoms with van der Waals surface area (Å²) in [5.41, 5.74) is -1.21. The molecule has 3 rings (SSSR count). The zero-order valence-corrected chi connectivity index (χ0v) is 14.1. The Hall–Kier alpha value is -2.80. The SMILES string of the molecule is CC(=O)OC(COc1c2occc2cc2ccc(=O)oc12)C(C)(C)O. The summed E-state index contributed by atoms with van der Waals surface area (Å²) >= 11 is 0. The van der Waals surface area contributed by atoms with Crippen LogP contribution in [0.2, 0.25) is 0 Å². The van der Waals surface area contributed by atoms with Crippen LogP contribution in [0.5, 0.6) is 5.75 Å². The molecule has 1 N–H and O–H groups in total. The van der Waals surface area contributed by atoms with Crippen LogP contribution in [0.15, 0.2) is 44.2 Å². The van der Waals surface area contributed by atoms with Crippen LogP contribution in [0, 0.1) is 0 Å². The van der Waals surface area contributed by atoms with Crippen molar-refractivity contribution in [1.82, 2.24) is 0 Å². The molecule has 132 valence electrons. The first kappa shape index (κ1) is 17.0. The first-order valence-electron chi connectivity index (χ1n) is 7.72. The molecule has 0 aliphatic carbocycles. The fourth-order valence-corrected chi connectivity index (χ4v) is 2.48. The Morgan fingerprint density at radius 2 is 1.96 bits per heavy atom. The van der Waals surface area contributed by atoms with Gasteiger partial charge in [-0.05, 0) is 32.0 Å². The largest absolute Gasteiger partial charge is 0.482 e. The van der Waals surface area contributed by atoms with Gasteiger partial charge in [0.2, 0.25) is 5.75 Å². The van der Waals surface area contributed by atoms with Crippen molar-refractivity contribution in [2.45, 2.75) is 32.5 Å². The summed E-state index contributed by atoms with van der Waals surface area (Å²) in [6.45, 7) is 4.13. The first-order valence-corrected chi connectivity index (χ1v) is 7.72. The number of hydrogen-bond donors (Lipinski definition) is 1. The van der Waals surface area contributed by atoms with Gasteiger partial charge >= 0.3 is 11.6 Å². The quantitative estimate of drug-likeness (QED) is 0.560. The van der Waals surface area contributed by atoms with E-state index in [-0.39, 0.29) is 17.9 Å². The Balaban J connectivity index is 2.03. The summed E-state index contributed by atoms with van der Waals surface area (Å²) in [6.07, 6.45) is 0.578. The molecule has 0 saturated heterocycles. The molecule has 0 fully saturated rings. The van der Waals surface area contributed by atoms with Gasteiger partial charge in [-0.1, -0.05) is 0 Å². The molecule has 3 aromatic rings. The van der Waals surface area contributed by atoms with E-state index in [9.17, 15) is 14.7 Å². The number of carbonyl (C=O) groups excluding carboxylic acids is 1. The molecule has 0 bridgehead atoms. The summed E-state index contributed by atoms with van der Waals surface area (Å²) < 4.78 is 21.6. The van der Waals surface area contributed by atoms with Crippen molar-refractivity contribution in [1.29, 1.82) is 0 Å². The second kappa shape index (κ2) is 6.25. The minimum atomic E-state index is -1.32. The minimum absolute atomic E-state index is 0.142. The number of rotatable bonds is 5. The zero-order chi connectivity index (χ0) is 18.2. The minimum Gasteiger partial charge on any atom is -0.482 e. The maximum atomic E-state index is 11.6. The molecular weight excluding hydrogens is 328 g/mol. The van der Waals surface area contributed by atoms with E-state index in [1.807, 2.05) is 6.07 Å². The predicted octanol–water partition coefficient (Wildman–Crippen LogP) is 2.62. The monoisotopic (exact) mass is 346 g/mol. The number of benzene rings is 1. The molecule has 0 amide bonds. The second-order valence-corrected chi connectivity index (χ2v) is 6.28. The van der Waals surface area contributed by atoms with Crippen molar-refractivity contribution in [3.8, 4) is 5.75 Å². The molecule has 1 unspecified atom stereocenters. The molecule has 0 aliphatic heterocycles. The maximum absolute atomic E-state index is 11.6. The Morgan fingerprint density at radius 3 is 2.64 bits per heavy atom. The second-order valence-electron chi connectivity index (χ2n) is 6.28. The van der Waals surface area contributed by atoms with E-state index in [2.05, 4.69) is 0 Å². The number of aliphatic hydroxyl groups is 1. The predicted molar refractivity (Wildman–Crippen MR) is 89.6 cm³/mol. The molecule has 0 spiro atoms. The lowest BCUT2D eigenvalue weighted by Crippen LogP contribution is -2.43. The Kier molecular flexibility index (Phi) is 4.26. The highest BCUT2D eigenvalue weighted by molar-refractivity contribution is 5.99. The highest BCUT2D eigenvalue weighted by atomic mass is 16.6. The van der Waals surface area contributed by atoms with Crippen LogP contribution >= 0.6 is 0 Å². The van der Waals surface area contributed by atoms with E-state index in [1.54, 1.807) is 12.1 Å². The molecule has 0 saturated carbocycles. The van der Waals surface area contributed by atoms with Crippen molar-refractivity contribution >= 4 is 27.9 Å². The average molecular weight is 346 g/mol. The first-order chi connectivity index (χ1) is 11.8. The van der Waals surface area contributed by atoms with Gasteiger partial charge in [-0.25, -0.2) is 4.79 Å². The van der Waals surface area contributed by atoms with E-state index < -0.39 is 23.3 Å². The molecule has 25 heavy (non-hydrogen) atoms. The number of ether oxygens (including phenoxy) is 2. The summed E-state index contributed by atoms with van der Waals surface area (Å²) in [5, 5.41) is 11.6. The van der Waals surface area contributed by atoms with E-state index in [0.29, 0.717) is 11.0 Å². The molecule has 1 aromatic carbocycles. The third-order valence-electron chi connectivity index (χ3n) is 3.76. The zero-order valence-electron chi connectivity index (χ0n) is 14.1. The van der Waals surface area contributed by atoms with E-state index in [0.717, 1.165) is 5.39 Å². The third kappa shape index (κ3) is 3.51. The molecule has 2 aromatic heterocycles. The van der Waals surface area contributed by atoms with Crippen molar-refractivity contribution < 1.29 is 28.2 Å². The summed E-state index contributed by atoms with van der Waals surface area (Å²) in [5.74, 6) is -0.320. The van der Waals surface area contributed by atoms with Crippen LogP contribution in [0.4, 0.5) is 0 Å². The van der Waals surface area contributed by atoms with Crippen LogP contribution in [0.1, 0.15) is 20.8 Å². The summed E-state index contributed by atoms with van der Waals surface area (Å²) in [7, 11) is 0. The van der Waals surface area contributed by atoms with Gasteiger partial charge in [-0.3, -0.25) is 4.79 Å². The van der Waals surface area contributed by atoms with Gasteiger partial charge in [-0.15, -0.1) is 0 Å². The van der Waals surface area contributed by atoms with Crippen LogP contribution < -0.4 is 10.4 Å².